The average molecular weight is 119 g/mol. The first-order valence-electron chi connectivity index (χ1n) is 2.32. The van der Waals surface area contributed by atoms with Gasteiger partial charge in [0.2, 0.25) is 6.29 Å². The van der Waals surface area contributed by atoms with Crippen LogP contribution >= 0.6 is 0 Å². The van der Waals surface area contributed by atoms with Gasteiger partial charge in [-0.05, 0) is 6.92 Å². The van der Waals surface area contributed by atoms with Crippen molar-refractivity contribution >= 4 is 5.91 Å². The van der Waals surface area contributed by atoms with Gasteiger partial charge in [0.15, 0.2) is 0 Å². The number of carbonyl (C=O) groups is 1. The van der Waals surface area contributed by atoms with Crippen LogP contribution in [0, 0.1) is 0 Å². The third kappa shape index (κ3) is 2.54. The molecule has 0 spiro atoms. The number of nitrogens with one attached hydrogen (secondary N) is 1. The van der Waals surface area contributed by atoms with Crippen LogP contribution in [0.25, 0.3) is 0 Å². The van der Waals surface area contributed by atoms with Crippen LogP contribution in [0.3, 0.4) is 0 Å². The van der Waals surface area contributed by atoms with E-state index in [1.807, 2.05) is 0 Å². The van der Waals surface area contributed by atoms with Crippen molar-refractivity contribution in [2.75, 3.05) is 6.54 Å². The topological polar surface area (TPSA) is 69.6 Å². The van der Waals surface area contributed by atoms with E-state index in [9.17, 15) is 4.79 Å². The van der Waals surface area contributed by atoms with Gasteiger partial charge in [0.1, 0.15) is 0 Å². The van der Waals surface area contributed by atoms with Gasteiger partial charge in [-0.3, -0.25) is 4.79 Å². The Labute approximate surface area is 47.1 Å². The zero-order valence-corrected chi connectivity index (χ0v) is 4.59. The van der Waals surface area contributed by atoms with Gasteiger partial charge in [-0.15, -0.1) is 0 Å². The van der Waals surface area contributed by atoms with Gasteiger partial charge in [0, 0.05) is 6.54 Å². The number of likely N-dealkylation sites (N-methyl/N-ethyl adjacent to an activating group) is 1. The predicted octanol–water partition coefficient (Wildman–Crippen LogP) is -1.57. The first-order valence-corrected chi connectivity index (χ1v) is 2.32. The number of rotatable bonds is 2. The van der Waals surface area contributed by atoms with E-state index in [2.05, 4.69) is 5.32 Å². The van der Waals surface area contributed by atoms with Crippen LogP contribution in [-0.4, -0.2) is 29.0 Å². The molecule has 0 aliphatic carbocycles. The molecule has 0 heterocycles. The molecule has 0 saturated carbocycles. The maximum absolute atomic E-state index is 10.1. The van der Waals surface area contributed by atoms with Gasteiger partial charge >= 0.3 is 0 Å². The van der Waals surface area contributed by atoms with Crippen LogP contribution < -0.4 is 5.32 Å². The molecule has 0 aromatic carbocycles. The molecule has 1 amide bonds. The predicted molar refractivity (Wildman–Crippen MR) is 26.9 cm³/mol. The van der Waals surface area contributed by atoms with Crippen molar-refractivity contribution in [2.24, 2.45) is 0 Å². The molecule has 0 aromatic heterocycles. The monoisotopic (exact) mass is 119 g/mol. The first kappa shape index (κ1) is 7.39. The minimum Gasteiger partial charge on any atom is -0.361 e. The highest BCUT2D eigenvalue weighted by atomic mass is 16.5. The molecule has 8 heavy (non-hydrogen) atoms. The van der Waals surface area contributed by atoms with Crippen LogP contribution in [0.2, 0.25) is 0 Å². The molecule has 4 heteroatoms. The Kier molecular flexibility index (Phi) is 3.14. The summed E-state index contributed by atoms with van der Waals surface area (Å²) in [5.74, 6) is -0.757. The van der Waals surface area contributed by atoms with Gasteiger partial charge in [-0.25, -0.2) is 0 Å². The van der Waals surface area contributed by atoms with Crippen LogP contribution in [0.15, 0.2) is 0 Å². The van der Waals surface area contributed by atoms with Crippen molar-refractivity contribution < 1.29 is 15.0 Å². The summed E-state index contributed by atoms with van der Waals surface area (Å²) in [5.41, 5.74) is 0. The normalized spacial score (nSPS) is 9.50. The van der Waals surface area contributed by atoms with E-state index in [1.54, 1.807) is 6.92 Å². The zero-order chi connectivity index (χ0) is 6.57. The summed E-state index contributed by atoms with van der Waals surface area (Å²) in [6, 6.07) is 0. The summed E-state index contributed by atoms with van der Waals surface area (Å²) in [7, 11) is 0. The maximum atomic E-state index is 10.1. The number of aliphatic hydroxyl groups excluding tert-OH is 1. The lowest BCUT2D eigenvalue weighted by molar-refractivity contribution is -0.147. The van der Waals surface area contributed by atoms with E-state index in [-0.39, 0.29) is 0 Å². The fourth-order valence-corrected chi connectivity index (χ4v) is 0.266. The third-order valence-electron chi connectivity index (χ3n) is 0.586. The molecule has 0 atom stereocenters. The van der Waals surface area contributed by atoms with E-state index in [1.165, 1.54) is 0 Å². The summed E-state index contributed by atoms with van der Waals surface area (Å²) in [6.07, 6.45) is -1.88. The van der Waals surface area contributed by atoms with Crippen molar-refractivity contribution in [3.8, 4) is 0 Å². The van der Waals surface area contributed by atoms with Gasteiger partial charge in [0.05, 0.1) is 0 Å². The standard InChI is InChI=1S/C4H9NO3/c1-2-5-3(6)4(7)8/h4,7-8H,2H2,1H3,(H,5,6). The molecule has 3 N–H and O–H groups in total. The van der Waals surface area contributed by atoms with Crippen molar-refractivity contribution in [3.63, 3.8) is 0 Å². The molecule has 0 fully saturated rings. The van der Waals surface area contributed by atoms with E-state index < -0.39 is 12.2 Å². The van der Waals surface area contributed by atoms with Gasteiger partial charge in [-0.1, -0.05) is 0 Å². The molecule has 0 unspecified atom stereocenters. The summed E-state index contributed by atoms with van der Waals surface area (Å²) in [5, 5.41) is 18.4. The van der Waals surface area contributed by atoms with Gasteiger partial charge in [-0.2, -0.15) is 0 Å². The Morgan fingerprint density at radius 2 is 2.25 bits per heavy atom. The molecule has 0 saturated heterocycles. The van der Waals surface area contributed by atoms with E-state index >= 15 is 0 Å². The molecule has 0 radical (unpaired) electrons. The molecule has 0 aliphatic rings. The lowest BCUT2D eigenvalue weighted by Gasteiger charge is -2.00. The first-order chi connectivity index (χ1) is 3.68. The smallest absolute Gasteiger partial charge is 0.276 e. The highest BCUT2D eigenvalue weighted by Gasteiger charge is 2.06. The van der Waals surface area contributed by atoms with Crippen molar-refractivity contribution in [1.29, 1.82) is 0 Å². The lowest BCUT2D eigenvalue weighted by Crippen LogP contribution is -2.33. The second-order valence-electron chi connectivity index (χ2n) is 1.27. The molecule has 0 bridgehead atoms. The number of carbonyl (C=O) groups excluding carboxylic acids is 1. The summed E-state index contributed by atoms with van der Waals surface area (Å²) < 4.78 is 0. The van der Waals surface area contributed by atoms with E-state index in [4.69, 9.17) is 10.2 Å². The highest BCUT2D eigenvalue weighted by molar-refractivity contribution is 5.78. The molecule has 0 aromatic rings. The number of aliphatic hydroxyl groups is 2. The van der Waals surface area contributed by atoms with E-state index in [0.717, 1.165) is 0 Å². The van der Waals surface area contributed by atoms with Gasteiger partial charge < -0.3 is 15.5 Å². The molecular weight excluding hydrogens is 110 g/mol. The summed E-state index contributed by atoms with van der Waals surface area (Å²) >= 11 is 0. The average Bonchev–Trinajstić information content (AvgIpc) is 1.67. The summed E-state index contributed by atoms with van der Waals surface area (Å²) in [6.45, 7) is 2.11. The minimum atomic E-state index is -1.88. The Balaban J connectivity index is 3.33. The second-order valence-corrected chi connectivity index (χ2v) is 1.27. The molecule has 0 rings (SSSR count). The minimum absolute atomic E-state index is 0.413. The number of amides is 1. The Hall–Kier alpha value is -0.610. The Bertz CT molecular complexity index is 81.4. The van der Waals surface area contributed by atoms with E-state index in [0.29, 0.717) is 6.54 Å². The summed E-state index contributed by atoms with van der Waals surface area (Å²) in [4.78, 5) is 10.1. The SMILES string of the molecule is CCNC(=O)C(O)O. The van der Waals surface area contributed by atoms with Crippen molar-refractivity contribution in [2.45, 2.75) is 13.2 Å². The van der Waals surface area contributed by atoms with Crippen molar-refractivity contribution in [1.82, 2.24) is 5.32 Å². The molecular formula is C4H9NO3. The largest absolute Gasteiger partial charge is 0.361 e. The number of hydrogen-bond donors (Lipinski definition) is 3. The zero-order valence-electron chi connectivity index (χ0n) is 4.59. The molecule has 48 valence electrons. The molecule has 4 nitrogen and oxygen atoms in total. The lowest BCUT2D eigenvalue weighted by atomic mass is 10.5. The van der Waals surface area contributed by atoms with Crippen LogP contribution in [0.5, 0.6) is 0 Å². The second kappa shape index (κ2) is 3.40. The molecule has 0 aliphatic heterocycles. The van der Waals surface area contributed by atoms with Crippen LogP contribution in [0.1, 0.15) is 6.92 Å². The highest BCUT2D eigenvalue weighted by Crippen LogP contribution is 1.71. The quantitative estimate of drug-likeness (QED) is 0.385. The van der Waals surface area contributed by atoms with Gasteiger partial charge in [0.25, 0.3) is 5.91 Å². The van der Waals surface area contributed by atoms with Crippen LogP contribution in [0.4, 0.5) is 0 Å². The third-order valence-corrected chi connectivity index (χ3v) is 0.586. The van der Waals surface area contributed by atoms with Crippen molar-refractivity contribution in [3.05, 3.63) is 0 Å². The van der Waals surface area contributed by atoms with Crippen LogP contribution in [-0.2, 0) is 4.79 Å². The fourth-order valence-electron chi connectivity index (χ4n) is 0.266. The number of hydrogen-bond acceptors (Lipinski definition) is 3. The Morgan fingerprint density at radius 3 is 2.38 bits per heavy atom. The maximum Gasteiger partial charge on any atom is 0.276 e. The Morgan fingerprint density at radius 1 is 1.75 bits per heavy atom. The fraction of sp³-hybridized carbons (Fsp3) is 0.750.